The molecule has 0 aromatic carbocycles. The summed E-state index contributed by atoms with van der Waals surface area (Å²) >= 11 is 0. The molecular formula is C10H17NO3S. The molecule has 0 aliphatic carbocycles. The Morgan fingerprint density at radius 2 is 2.07 bits per heavy atom. The standard InChI is InChI=1S/C10H17NO3S/c12-7-9-2-1-4-11(6-9)10-3-5-15(13,14)8-10/h7,9-10H,1-6,8H2. The van der Waals surface area contributed by atoms with Crippen LogP contribution in [0.2, 0.25) is 0 Å². The number of likely N-dealkylation sites (tertiary alicyclic amines) is 1. The van der Waals surface area contributed by atoms with Crippen LogP contribution in [0, 0.1) is 5.92 Å². The van der Waals surface area contributed by atoms with Crippen LogP contribution < -0.4 is 0 Å². The van der Waals surface area contributed by atoms with Crippen molar-refractivity contribution in [2.75, 3.05) is 24.6 Å². The van der Waals surface area contributed by atoms with Gasteiger partial charge in [-0.2, -0.15) is 0 Å². The van der Waals surface area contributed by atoms with E-state index in [0.717, 1.165) is 38.6 Å². The zero-order valence-corrected chi connectivity index (χ0v) is 9.58. The third kappa shape index (κ3) is 2.58. The smallest absolute Gasteiger partial charge is 0.151 e. The highest BCUT2D eigenvalue weighted by molar-refractivity contribution is 7.91. The van der Waals surface area contributed by atoms with Gasteiger partial charge in [0.2, 0.25) is 0 Å². The predicted octanol–water partition coefficient (Wildman–Crippen LogP) is 0.0844. The van der Waals surface area contributed by atoms with Crippen molar-refractivity contribution in [3.8, 4) is 0 Å². The van der Waals surface area contributed by atoms with E-state index >= 15 is 0 Å². The summed E-state index contributed by atoms with van der Waals surface area (Å²) in [5, 5.41) is 0. The van der Waals surface area contributed by atoms with Crippen molar-refractivity contribution in [3.05, 3.63) is 0 Å². The van der Waals surface area contributed by atoms with Gasteiger partial charge in [0.05, 0.1) is 11.5 Å². The van der Waals surface area contributed by atoms with Gasteiger partial charge in [0.1, 0.15) is 6.29 Å². The van der Waals surface area contributed by atoms with Crippen LogP contribution in [-0.2, 0) is 14.6 Å². The molecular weight excluding hydrogens is 214 g/mol. The maximum Gasteiger partial charge on any atom is 0.151 e. The molecule has 0 aromatic heterocycles. The van der Waals surface area contributed by atoms with E-state index in [1.54, 1.807) is 0 Å². The minimum absolute atomic E-state index is 0.113. The van der Waals surface area contributed by atoms with Crippen LogP contribution in [0.25, 0.3) is 0 Å². The predicted molar refractivity (Wildman–Crippen MR) is 57.4 cm³/mol. The van der Waals surface area contributed by atoms with Crippen LogP contribution in [0.1, 0.15) is 19.3 Å². The Balaban J connectivity index is 1.97. The molecule has 0 spiro atoms. The molecule has 0 N–H and O–H groups in total. The minimum atomic E-state index is -2.80. The number of carbonyl (C=O) groups is 1. The van der Waals surface area contributed by atoms with Crippen LogP contribution >= 0.6 is 0 Å². The number of hydrogen-bond donors (Lipinski definition) is 0. The average Bonchev–Trinajstić information content (AvgIpc) is 2.59. The van der Waals surface area contributed by atoms with Crippen molar-refractivity contribution in [2.24, 2.45) is 5.92 Å². The number of rotatable bonds is 2. The van der Waals surface area contributed by atoms with Crippen LogP contribution in [0.4, 0.5) is 0 Å². The molecule has 0 amide bonds. The summed E-state index contributed by atoms with van der Waals surface area (Å²) in [5.41, 5.74) is 0. The monoisotopic (exact) mass is 231 g/mol. The molecule has 2 aliphatic heterocycles. The van der Waals surface area contributed by atoms with Gasteiger partial charge >= 0.3 is 0 Å². The van der Waals surface area contributed by atoms with Gasteiger partial charge in [0, 0.05) is 18.5 Å². The third-order valence-corrected chi connectivity index (χ3v) is 5.16. The van der Waals surface area contributed by atoms with Gasteiger partial charge in [0.15, 0.2) is 9.84 Å². The summed E-state index contributed by atoms with van der Waals surface area (Å²) in [6.45, 7) is 1.70. The molecule has 2 unspecified atom stereocenters. The number of hydrogen-bond acceptors (Lipinski definition) is 4. The molecule has 0 bridgehead atoms. The lowest BCUT2D eigenvalue weighted by Crippen LogP contribution is -2.43. The second kappa shape index (κ2) is 4.22. The first-order valence-corrected chi connectivity index (χ1v) is 7.32. The highest BCUT2D eigenvalue weighted by Crippen LogP contribution is 2.23. The van der Waals surface area contributed by atoms with E-state index in [4.69, 9.17) is 0 Å². The molecule has 4 nitrogen and oxygen atoms in total. The van der Waals surface area contributed by atoms with Gasteiger partial charge in [-0.1, -0.05) is 0 Å². The minimum Gasteiger partial charge on any atom is -0.303 e. The summed E-state index contributed by atoms with van der Waals surface area (Å²) in [6, 6.07) is 0.165. The molecule has 2 rings (SSSR count). The summed E-state index contributed by atoms with van der Waals surface area (Å²) in [6.07, 6.45) is 3.73. The van der Waals surface area contributed by atoms with E-state index in [0.29, 0.717) is 11.5 Å². The lowest BCUT2D eigenvalue weighted by molar-refractivity contribution is -0.112. The van der Waals surface area contributed by atoms with E-state index < -0.39 is 9.84 Å². The Morgan fingerprint density at radius 3 is 2.67 bits per heavy atom. The summed E-state index contributed by atoms with van der Waals surface area (Å²) in [5.74, 6) is 0.723. The topological polar surface area (TPSA) is 54.5 Å². The Labute approximate surface area is 90.6 Å². The summed E-state index contributed by atoms with van der Waals surface area (Å²) < 4.78 is 22.7. The second-order valence-electron chi connectivity index (χ2n) is 4.59. The Kier molecular flexibility index (Phi) is 3.11. The van der Waals surface area contributed by atoms with Crippen LogP contribution in [0.15, 0.2) is 0 Å². The molecule has 2 aliphatic rings. The highest BCUT2D eigenvalue weighted by atomic mass is 32.2. The van der Waals surface area contributed by atoms with Crippen molar-refractivity contribution < 1.29 is 13.2 Å². The van der Waals surface area contributed by atoms with Crippen molar-refractivity contribution in [2.45, 2.75) is 25.3 Å². The Hall–Kier alpha value is -0.420. The molecule has 2 atom stereocenters. The third-order valence-electron chi connectivity index (χ3n) is 3.41. The van der Waals surface area contributed by atoms with Crippen molar-refractivity contribution >= 4 is 16.1 Å². The van der Waals surface area contributed by atoms with E-state index in [1.165, 1.54) is 0 Å². The average molecular weight is 231 g/mol. The first-order valence-electron chi connectivity index (χ1n) is 5.50. The summed E-state index contributed by atoms with van der Waals surface area (Å²) in [4.78, 5) is 12.9. The van der Waals surface area contributed by atoms with Gasteiger partial charge < -0.3 is 4.79 Å². The first-order chi connectivity index (χ1) is 7.11. The quantitative estimate of drug-likeness (QED) is 0.632. The zero-order valence-electron chi connectivity index (χ0n) is 8.76. The lowest BCUT2D eigenvalue weighted by Gasteiger charge is -2.34. The van der Waals surface area contributed by atoms with Crippen LogP contribution in [0.3, 0.4) is 0 Å². The maximum atomic E-state index is 11.3. The largest absolute Gasteiger partial charge is 0.303 e. The van der Waals surface area contributed by atoms with Gasteiger partial charge in [-0.3, -0.25) is 4.90 Å². The fourth-order valence-electron chi connectivity index (χ4n) is 2.55. The Morgan fingerprint density at radius 1 is 1.27 bits per heavy atom. The maximum absolute atomic E-state index is 11.3. The van der Waals surface area contributed by atoms with Crippen LogP contribution in [0.5, 0.6) is 0 Å². The number of piperidine rings is 1. The van der Waals surface area contributed by atoms with E-state index in [2.05, 4.69) is 4.90 Å². The van der Waals surface area contributed by atoms with E-state index in [1.807, 2.05) is 0 Å². The second-order valence-corrected chi connectivity index (χ2v) is 6.82. The molecule has 0 radical (unpaired) electrons. The van der Waals surface area contributed by atoms with Crippen molar-refractivity contribution in [3.63, 3.8) is 0 Å². The van der Waals surface area contributed by atoms with Gasteiger partial charge in [-0.25, -0.2) is 8.42 Å². The van der Waals surface area contributed by atoms with Gasteiger partial charge in [-0.05, 0) is 25.8 Å². The number of carbonyl (C=O) groups excluding carboxylic acids is 1. The normalized spacial score (nSPS) is 36.5. The molecule has 0 saturated carbocycles. The number of nitrogens with zero attached hydrogens (tertiary/aromatic N) is 1. The molecule has 5 heteroatoms. The van der Waals surface area contributed by atoms with Crippen LogP contribution in [-0.4, -0.2) is 50.2 Å². The fraction of sp³-hybridized carbons (Fsp3) is 0.900. The number of aldehydes is 1. The molecule has 15 heavy (non-hydrogen) atoms. The van der Waals surface area contributed by atoms with Crippen molar-refractivity contribution in [1.82, 2.24) is 4.90 Å². The SMILES string of the molecule is O=CC1CCCN(C2CCS(=O)(=O)C2)C1. The number of sulfone groups is 1. The highest BCUT2D eigenvalue weighted by Gasteiger charge is 2.34. The molecule has 2 saturated heterocycles. The molecule has 2 heterocycles. The lowest BCUT2D eigenvalue weighted by atomic mass is 9.98. The van der Waals surface area contributed by atoms with Crippen molar-refractivity contribution in [1.29, 1.82) is 0 Å². The molecule has 2 fully saturated rings. The zero-order chi connectivity index (χ0) is 10.9. The summed E-state index contributed by atoms with van der Waals surface area (Å²) in [7, 11) is -2.80. The van der Waals surface area contributed by atoms with Gasteiger partial charge in [-0.15, -0.1) is 0 Å². The first kappa shape index (κ1) is 11.1. The molecule has 0 aromatic rings. The van der Waals surface area contributed by atoms with E-state index in [9.17, 15) is 13.2 Å². The van der Waals surface area contributed by atoms with E-state index in [-0.39, 0.29) is 12.0 Å². The Bertz CT molecular complexity index is 339. The van der Waals surface area contributed by atoms with Gasteiger partial charge in [0.25, 0.3) is 0 Å². The molecule has 86 valence electrons. The fourth-order valence-corrected chi connectivity index (χ4v) is 4.31.